The van der Waals surface area contributed by atoms with Crippen molar-refractivity contribution in [1.29, 1.82) is 0 Å². The number of carbonyl (C=O) groups excluding carboxylic acids is 2. The molecule has 1 aromatic heterocycles. The van der Waals surface area contributed by atoms with E-state index in [1.807, 2.05) is 0 Å². The van der Waals surface area contributed by atoms with Crippen LogP contribution in [0.1, 0.15) is 85.0 Å². The quantitative estimate of drug-likeness (QED) is 0.695. The molecule has 5 aliphatic rings. The first-order valence-corrected chi connectivity index (χ1v) is 11.9. The predicted octanol–water partition coefficient (Wildman–Crippen LogP) is 5.35. The van der Waals surface area contributed by atoms with Gasteiger partial charge in [-0.05, 0) is 87.5 Å². The first-order chi connectivity index (χ1) is 13.6. The van der Waals surface area contributed by atoms with Crippen molar-refractivity contribution in [3.8, 4) is 0 Å². The average Bonchev–Trinajstić information content (AvgIpc) is 2.96. The lowest BCUT2D eigenvalue weighted by atomic mass is 9.49. The minimum atomic E-state index is -0.293. The Morgan fingerprint density at radius 2 is 1.57 bits per heavy atom. The molecule has 5 heteroatoms. The lowest BCUT2D eigenvalue weighted by Crippen LogP contribution is -2.51. The largest absolute Gasteiger partial charge is 0.465 e. The third-order valence-corrected chi connectivity index (χ3v) is 9.02. The van der Waals surface area contributed by atoms with Gasteiger partial charge in [0.2, 0.25) is 5.91 Å². The van der Waals surface area contributed by atoms with Crippen LogP contribution in [0.5, 0.6) is 0 Å². The monoisotopic (exact) mass is 401 g/mol. The van der Waals surface area contributed by atoms with Gasteiger partial charge in [0, 0.05) is 4.88 Å². The second-order valence-corrected chi connectivity index (χ2v) is 10.9. The molecule has 4 saturated carbocycles. The Morgan fingerprint density at radius 1 is 0.964 bits per heavy atom. The van der Waals surface area contributed by atoms with Gasteiger partial charge >= 0.3 is 5.97 Å². The van der Waals surface area contributed by atoms with E-state index in [-0.39, 0.29) is 17.3 Å². The second-order valence-electron chi connectivity index (χ2n) is 9.77. The van der Waals surface area contributed by atoms with Crippen LogP contribution in [-0.4, -0.2) is 19.0 Å². The lowest BCUT2D eigenvalue weighted by molar-refractivity contribution is -0.140. The molecule has 152 valence electrons. The Balaban J connectivity index is 1.45. The molecule has 0 atom stereocenters. The van der Waals surface area contributed by atoms with Crippen LogP contribution >= 0.6 is 11.3 Å². The van der Waals surface area contributed by atoms with E-state index in [2.05, 4.69) is 5.32 Å². The highest BCUT2D eigenvalue weighted by Gasteiger charge is 2.54. The number of amides is 1. The molecule has 0 saturated heterocycles. The molecule has 1 amide bonds. The summed E-state index contributed by atoms with van der Waals surface area (Å²) < 4.78 is 5.12. The minimum absolute atomic E-state index is 0.172. The van der Waals surface area contributed by atoms with E-state index in [9.17, 15) is 9.59 Å². The van der Waals surface area contributed by atoms with Gasteiger partial charge in [-0.15, -0.1) is 11.3 Å². The fourth-order valence-corrected chi connectivity index (χ4v) is 8.22. The molecule has 0 aromatic carbocycles. The third-order valence-electron chi connectivity index (χ3n) is 7.81. The molecule has 4 fully saturated rings. The van der Waals surface area contributed by atoms with Crippen LogP contribution in [0.2, 0.25) is 0 Å². The summed E-state index contributed by atoms with van der Waals surface area (Å²) in [7, 11) is 1.44. The summed E-state index contributed by atoms with van der Waals surface area (Å²) >= 11 is 1.63. The SMILES string of the molecule is COC(=O)c1c(NC(=O)C23CC4CC(CC(C4)C2)C3)sc2c1CCCCCC2. The molecular weight excluding hydrogens is 370 g/mol. The maximum Gasteiger partial charge on any atom is 0.341 e. The molecule has 0 radical (unpaired) electrons. The van der Waals surface area contributed by atoms with E-state index < -0.39 is 0 Å². The van der Waals surface area contributed by atoms with Crippen molar-refractivity contribution < 1.29 is 14.3 Å². The number of aryl methyl sites for hydroxylation is 1. The van der Waals surface area contributed by atoms with Crippen LogP contribution < -0.4 is 5.32 Å². The Kier molecular flexibility index (Phi) is 4.77. The highest BCUT2D eigenvalue weighted by atomic mass is 32.1. The van der Waals surface area contributed by atoms with Crippen LogP contribution in [0, 0.1) is 23.2 Å². The number of hydrogen-bond donors (Lipinski definition) is 1. The van der Waals surface area contributed by atoms with E-state index in [1.165, 1.54) is 44.1 Å². The molecule has 0 aliphatic heterocycles. The molecule has 1 N–H and O–H groups in total. The van der Waals surface area contributed by atoms with E-state index >= 15 is 0 Å². The maximum atomic E-state index is 13.5. The van der Waals surface area contributed by atoms with E-state index in [1.54, 1.807) is 11.3 Å². The molecule has 4 bridgehead atoms. The van der Waals surface area contributed by atoms with Gasteiger partial charge in [0.05, 0.1) is 18.1 Å². The average molecular weight is 402 g/mol. The topological polar surface area (TPSA) is 55.4 Å². The summed E-state index contributed by atoms with van der Waals surface area (Å²) in [5.41, 5.74) is 1.58. The summed E-state index contributed by atoms with van der Waals surface area (Å²) in [6.07, 6.45) is 13.8. The van der Waals surface area contributed by atoms with Crippen molar-refractivity contribution in [1.82, 2.24) is 0 Å². The van der Waals surface area contributed by atoms with Crippen LogP contribution in [0.4, 0.5) is 5.00 Å². The smallest absolute Gasteiger partial charge is 0.341 e. The minimum Gasteiger partial charge on any atom is -0.465 e. The van der Waals surface area contributed by atoms with Crippen LogP contribution in [-0.2, 0) is 22.4 Å². The highest BCUT2D eigenvalue weighted by molar-refractivity contribution is 7.17. The Bertz CT molecular complexity index is 761. The third kappa shape index (κ3) is 3.10. The van der Waals surface area contributed by atoms with Crippen molar-refractivity contribution in [2.75, 3.05) is 12.4 Å². The maximum absolute atomic E-state index is 13.5. The van der Waals surface area contributed by atoms with Crippen molar-refractivity contribution in [3.63, 3.8) is 0 Å². The second kappa shape index (κ2) is 7.16. The molecular formula is C23H31NO3S. The number of ether oxygens (including phenoxy) is 1. The van der Waals surface area contributed by atoms with E-state index in [0.717, 1.165) is 73.3 Å². The van der Waals surface area contributed by atoms with Gasteiger partial charge in [-0.1, -0.05) is 12.8 Å². The van der Waals surface area contributed by atoms with Gasteiger partial charge < -0.3 is 10.1 Å². The fraction of sp³-hybridized carbons (Fsp3) is 0.739. The normalized spacial score (nSPS) is 33.7. The number of methoxy groups -OCH3 is 1. The summed E-state index contributed by atoms with van der Waals surface area (Å²) in [4.78, 5) is 27.4. The Morgan fingerprint density at radius 3 is 2.18 bits per heavy atom. The number of fused-ring (bicyclic) bond motifs is 1. The molecule has 4 nitrogen and oxygen atoms in total. The number of hydrogen-bond acceptors (Lipinski definition) is 4. The molecule has 6 rings (SSSR count). The first kappa shape index (κ1) is 18.7. The summed E-state index contributed by atoms with van der Waals surface area (Å²) in [6, 6.07) is 0. The molecule has 5 aliphatic carbocycles. The summed E-state index contributed by atoms with van der Waals surface area (Å²) in [5.74, 6) is 2.09. The number of anilines is 1. The predicted molar refractivity (Wildman–Crippen MR) is 111 cm³/mol. The van der Waals surface area contributed by atoms with Crippen LogP contribution in [0.25, 0.3) is 0 Å². The zero-order valence-corrected chi connectivity index (χ0v) is 17.7. The molecule has 0 unspecified atom stereocenters. The Hall–Kier alpha value is -1.36. The van der Waals surface area contributed by atoms with Gasteiger partial charge in [0.15, 0.2) is 0 Å². The van der Waals surface area contributed by atoms with Gasteiger partial charge in [-0.3, -0.25) is 4.79 Å². The van der Waals surface area contributed by atoms with Crippen LogP contribution in [0.3, 0.4) is 0 Å². The molecule has 1 heterocycles. The number of nitrogens with one attached hydrogen (secondary N) is 1. The zero-order valence-electron chi connectivity index (χ0n) is 16.9. The fourth-order valence-electron chi connectivity index (χ4n) is 6.95. The van der Waals surface area contributed by atoms with Gasteiger partial charge in [0.25, 0.3) is 0 Å². The van der Waals surface area contributed by atoms with Crippen LogP contribution in [0.15, 0.2) is 0 Å². The zero-order chi connectivity index (χ0) is 19.3. The lowest BCUT2D eigenvalue weighted by Gasteiger charge is -2.55. The summed E-state index contributed by atoms with van der Waals surface area (Å²) in [6.45, 7) is 0. The standard InChI is InChI=1S/C23H31NO3S/c1-27-21(25)19-17-6-4-2-3-5-7-18(17)28-20(19)24-22(26)23-11-14-8-15(12-23)10-16(9-14)13-23/h14-16H,2-13H2,1H3,(H,24,26). The van der Waals surface area contributed by atoms with Crippen molar-refractivity contribution in [2.24, 2.45) is 23.2 Å². The van der Waals surface area contributed by atoms with E-state index in [0.29, 0.717) is 5.56 Å². The van der Waals surface area contributed by atoms with Crippen molar-refractivity contribution in [2.45, 2.75) is 77.0 Å². The molecule has 28 heavy (non-hydrogen) atoms. The van der Waals surface area contributed by atoms with Gasteiger partial charge in [-0.2, -0.15) is 0 Å². The summed E-state index contributed by atoms with van der Waals surface area (Å²) in [5, 5.41) is 4.01. The number of rotatable bonds is 3. The van der Waals surface area contributed by atoms with Gasteiger partial charge in [-0.25, -0.2) is 4.79 Å². The van der Waals surface area contributed by atoms with E-state index in [4.69, 9.17) is 4.74 Å². The number of thiophene rings is 1. The molecule has 1 aromatic rings. The number of carbonyl (C=O) groups is 2. The number of esters is 1. The highest BCUT2D eigenvalue weighted by Crippen LogP contribution is 2.60. The van der Waals surface area contributed by atoms with Crippen molar-refractivity contribution in [3.05, 3.63) is 16.0 Å². The molecule has 0 spiro atoms. The van der Waals surface area contributed by atoms with Gasteiger partial charge in [0.1, 0.15) is 5.00 Å². The Labute approximate surface area is 171 Å². The van der Waals surface area contributed by atoms with Crippen molar-refractivity contribution >= 4 is 28.2 Å². The first-order valence-electron chi connectivity index (χ1n) is 11.1.